The Bertz CT molecular complexity index is 615. The van der Waals surface area contributed by atoms with E-state index in [0.717, 1.165) is 0 Å². The number of nitrogens with two attached hydrogens (primary N) is 1. The average molecular weight is 265 g/mol. The summed E-state index contributed by atoms with van der Waals surface area (Å²) in [5.74, 6) is -1.09. The van der Waals surface area contributed by atoms with Crippen LogP contribution in [-0.2, 0) is 0 Å². The maximum atomic E-state index is 14.1. The first-order valence-electron chi connectivity index (χ1n) is 5.55. The number of hydrogen-bond donors (Lipinski definition) is 1. The van der Waals surface area contributed by atoms with E-state index in [1.54, 1.807) is 6.07 Å². The van der Waals surface area contributed by atoms with E-state index in [1.165, 1.54) is 38.5 Å². The molecule has 100 valence electrons. The fourth-order valence-electron chi connectivity index (χ4n) is 1.84. The van der Waals surface area contributed by atoms with Crippen LogP contribution in [0.4, 0.5) is 14.5 Å². The highest BCUT2D eigenvalue weighted by molar-refractivity contribution is 5.73. The lowest BCUT2D eigenvalue weighted by atomic mass is 10.0. The number of benzene rings is 2. The number of nitrogen functional groups attached to an aromatic ring is 1. The van der Waals surface area contributed by atoms with Gasteiger partial charge in [-0.25, -0.2) is 8.78 Å². The molecule has 2 rings (SSSR count). The van der Waals surface area contributed by atoms with Crippen LogP contribution < -0.4 is 15.2 Å². The number of anilines is 1. The highest BCUT2D eigenvalue weighted by Gasteiger charge is 2.17. The zero-order valence-electron chi connectivity index (χ0n) is 10.5. The van der Waals surface area contributed by atoms with Gasteiger partial charge in [0.25, 0.3) is 0 Å². The predicted molar refractivity (Wildman–Crippen MR) is 69.3 cm³/mol. The van der Waals surface area contributed by atoms with E-state index in [0.29, 0.717) is 0 Å². The zero-order chi connectivity index (χ0) is 14.0. The smallest absolute Gasteiger partial charge is 0.172 e. The first kappa shape index (κ1) is 13.1. The largest absolute Gasteiger partial charge is 0.494 e. The van der Waals surface area contributed by atoms with Gasteiger partial charge in [0.1, 0.15) is 11.4 Å². The molecule has 0 amide bonds. The van der Waals surface area contributed by atoms with Gasteiger partial charge in [-0.2, -0.15) is 0 Å². The summed E-state index contributed by atoms with van der Waals surface area (Å²) in [7, 11) is 2.73. The molecule has 3 nitrogen and oxygen atoms in total. The van der Waals surface area contributed by atoms with Gasteiger partial charge in [0, 0.05) is 11.1 Å². The zero-order valence-corrected chi connectivity index (χ0v) is 10.5. The minimum absolute atomic E-state index is 0.0475. The molecule has 0 spiro atoms. The van der Waals surface area contributed by atoms with Crippen molar-refractivity contribution < 1.29 is 18.3 Å². The van der Waals surface area contributed by atoms with Crippen LogP contribution in [0.25, 0.3) is 11.1 Å². The summed E-state index contributed by atoms with van der Waals surface area (Å²) in [6.07, 6.45) is 0. The minimum Gasteiger partial charge on any atom is -0.494 e. The van der Waals surface area contributed by atoms with E-state index >= 15 is 0 Å². The lowest BCUT2D eigenvalue weighted by Gasteiger charge is -2.11. The molecule has 0 saturated carbocycles. The van der Waals surface area contributed by atoms with E-state index in [2.05, 4.69) is 0 Å². The predicted octanol–water partition coefficient (Wildman–Crippen LogP) is 3.23. The molecule has 5 heteroatoms. The van der Waals surface area contributed by atoms with Crippen molar-refractivity contribution in [3.63, 3.8) is 0 Å². The minimum atomic E-state index is -0.716. The maximum absolute atomic E-state index is 14.1. The molecule has 2 N–H and O–H groups in total. The van der Waals surface area contributed by atoms with Crippen molar-refractivity contribution in [1.82, 2.24) is 0 Å². The number of rotatable bonds is 3. The van der Waals surface area contributed by atoms with Crippen LogP contribution in [0.3, 0.4) is 0 Å². The molecule has 0 aromatic heterocycles. The molecule has 2 aromatic rings. The SMILES string of the molecule is COc1ccc(-c2cccc(OC)c2F)c(F)c1N. The summed E-state index contributed by atoms with van der Waals surface area (Å²) < 4.78 is 38.0. The number of methoxy groups -OCH3 is 2. The van der Waals surface area contributed by atoms with Gasteiger partial charge in [0.2, 0.25) is 0 Å². The summed E-state index contributed by atoms with van der Waals surface area (Å²) in [6.45, 7) is 0. The Labute approximate surface area is 109 Å². The van der Waals surface area contributed by atoms with Crippen molar-refractivity contribution in [3.05, 3.63) is 42.0 Å². The van der Waals surface area contributed by atoms with Crippen LogP contribution in [-0.4, -0.2) is 14.2 Å². The van der Waals surface area contributed by atoms with Crippen LogP contribution in [0.5, 0.6) is 11.5 Å². The van der Waals surface area contributed by atoms with Crippen LogP contribution in [0, 0.1) is 11.6 Å². The molecule has 2 aromatic carbocycles. The summed E-state index contributed by atoms with van der Waals surface area (Å²) in [5, 5.41) is 0. The van der Waals surface area contributed by atoms with Gasteiger partial charge in [0.15, 0.2) is 17.4 Å². The summed E-state index contributed by atoms with van der Waals surface area (Å²) >= 11 is 0. The topological polar surface area (TPSA) is 44.5 Å². The molecule has 0 fully saturated rings. The monoisotopic (exact) mass is 265 g/mol. The van der Waals surface area contributed by atoms with E-state index < -0.39 is 11.6 Å². The second kappa shape index (κ2) is 5.14. The van der Waals surface area contributed by atoms with Crippen LogP contribution >= 0.6 is 0 Å². The molecule has 0 bridgehead atoms. The van der Waals surface area contributed by atoms with Crippen molar-refractivity contribution >= 4 is 5.69 Å². The van der Waals surface area contributed by atoms with Gasteiger partial charge in [-0.3, -0.25) is 0 Å². The van der Waals surface area contributed by atoms with E-state index in [9.17, 15) is 8.78 Å². The van der Waals surface area contributed by atoms with Crippen molar-refractivity contribution in [2.45, 2.75) is 0 Å². The fraction of sp³-hybridized carbons (Fsp3) is 0.143. The Balaban J connectivity index is 2.63. The lowest BCUT2D eigenvalue weighted by molar-refractivity contribution is 0.387. The number of halogens is 2. The van der Waals surface area contributed by atoms with Crippen molar-refractivity contribution in [3.8, 4) is 22.6 Å². The van der Waals surface area contributed by atoms with Gasteiger partial charge in [0.05, 0.1) is 14.2 Å². The van der Waals surface area contributed by atoms with Gasteiger partial charge in [-0.1, -0.05) is 12.1 Å². The second-order valence-corrected chi connectivity index (χ2v) is 3.86. The third kappa shape index (κ3) is 2.19. The van der Waals surface area contributed by atoms with Crippen LogP contribution in [0.15, 0.2) is 30.3 Å². The standard InChI is InChI=1S/C14H13F2NO2/c1-18-10-5-3-4-8(12(10)15)9-6-7-11(19-2)14(17)13(9)16/h3-7H,17H2,1-2H3. The normalized spacial score (nSPS) is 10.3. The average Bonchev–Trinajstić information content (AvgIpc) is 2.43. The highest BCUT2D eigenvalue weighted by Crippen LogP contribution is 2.35. The van der Waals surface area contributed by atoms with E-state index in [-0.39, 0.29) is 28.3 Å². The summed E-state index contributed by atoms with van der Waals surface area (Å²) in [4.78, 5) is 0. The van der Waals surface area contributed by atoms with Crippen LogP contribution in [0.2, 0.25) is 0 Å². The lowest BCUT2D eigenvalue weighted by Crippen LogP contribution is -1.99. The van der Waals surface area contributed by atoms with E-state index in [4.69, 9.17) is 15.2 Å². The van der Waals surface area contributed by atoms with Gasteiger partial charge < -0.3 is 15.2 Å². The van der Waals surface area contributed by atoms with E-state index in [1.807, 2.05) is 0 Å². The molecule has 0 heterocycles. The Hall–Kier alpha value is -2.30. The highest BCUT2D eigenvalue weighted by atomic mass is 19.1. The Morgan fingerprint density at radius 2 is 1.47 bits per heavy atom. The molecule has 0 aliphatic carbocycles. The summed E-state index contributed by atoms with van der Waals surface area (Å²) in [5.41, 5.74) is 5.60. The van der Waals surface area contributed by atoms with Crippen molar-refractivity contribution in [2.24, 2.45) is 0 Å². The summed E-state index contributed by atoms with van der Waals surface area (Å²) in [6, 6.07) is 7.41. The maximum Gasteiger partial charge on any atom is 0.172 e. The van der Waals surface area contributed by atoms with Crippen molar-refractivity contribution in [2.75, 3.05) is 20.0 Å². The molecule has 0 saturated heterocycles. The first-order chi connectivity index (χ1) is 9.10. The van der Waals surface area contributed by atoms with Crippen LogP contribution in [0.1, 0.15) is 0 Å². The number of ether oxygens (including phenoxy) is 2. The Morgan fingerprint density at radius 1 is 0.842 bits per heavy atom. The molecule has 0 unspecified atom stereocenters. The molecular weight excluding hydrogens is 252 g/mol. The Morgan fingerprint density at radius 3 is 2.11 bits per heavy atom. The second-order valence-electron chi connectivity index (χ2n) is 3.86. The molecule has 0 atom stereocenters. The molecule has 19 heavy (non-hydrogen) atoms. The van der Waals surface area contributed by atoms with Gasteiger partial charge in [-0.05, 0) is 18.2 Å². The fourth-order valence-corrected chi connectivity index (χ4v) is 1.84. The molecule has 0 aliphatic heterocycles. The molecular formula is C14H13F2NO2. The Kier molecular flexibility index (Phi) is 3.55. The quantitative estimate of drug-likeness (QED) is 0.866. The van der Waals surface area contributed by atoms with Crippen molar-refractivity contribution in [1.29, 1.82) is 0 Å². The van der Waals surface area contributed by atoms with Gasteiger partial charge >= 0.3 is 0 Å². The molecule has 0 aliphatic rings. The molecule has 0 radical (unpaired) electrons. The third-order valence-electron chi connectivity index (χ3n) is 2.83. The van der Waals surface area contributed by atoms with Gasteiger partial charge in [-0.15, -0.1) is 0 Å². The first-order valence-corrected chi connectivity index (χ1v) is 5.55. The number of hydrogen-bond acceptors (Lipinski definition) is 3. The third-order valence-corrected chi connectivity index (χ3v) is 2.83.